The van der Waals surface area contributed by atoms with Crippen molar-refractivity contribution < 1.29 is 4.79 Å². The fourth-order valence-corrected chi connectivity index (χ4v) is 5.27. The molecule has 1 unspecified atom stereocenters. The number of nitrogens with two attached hydrogens (primary N) is 1. The van der Waals surface area contributed by atoms with E-state index in [4.69, 9.17) is 5.73 Å². The van der Waals surface area contributed by atoms with Gasteiger partial charge in [-0.2, -0.15) is 0 Å². The number of amides is 1. The summed E-state index contributed by atoms with van der Waals surface area (Å²) in [5, 5.41) is 3.82. The standard InChI is InChI=1S/C20H30N4O2S/c1-13(2)10-20(3,11-21)23-16(25)8-9-24-12-22-18-17(19(24)26)14-6-4-5-7-15(14)27-18/h12-13H,4-11,21H2,1-3H3,(H,23,25). The molecule has 0 bridgehead atoms. The molecule has 0 aliphatic heterocycles. The molecule has 2 aromatic heterocycles. The molecule has 148 valence electrons. The van der Waals surface area contributed by atoms with E-state index in [2.05, 4.69) is 24.1 Å². The largest absolute Gasteiger partial charge is 0.350 e. The number of carbonyl (C=O) groups is 1. The molecule has 0 spiro atoms. The van der Waals surface area contributed by atoms with E-state index in [9.17, 15) is 9.59 Å². The van der Waals surface area contributed by atoms with E-state index in [0.717, 1.165) is 35.9 Å². The van der Waals surface area contributed by atoms with Crippen molar-refractivity contribution >= 4 is 27.5 Å². The molecule has 0 fully saturated rings. The molecule has 1 amide bonds. The average molecular weight is 391 g/mol. The van der Waals surface area contributed by atoms with Crippen LogP contribution in [0, 0.1) is 5.92 Å². The summed E-state index contributed by atoms with van der Waals surface area (Å²) in [6.07, 6.45) is 6.97. The minimum Gasteiger partial charge on any atom is -0.350 e. The Morgan fingerprint density at radius 3 is 2.85 bits per heavy atom. The zero-order valence-corrected chi connectivity index (χ0v) is 17.3. The molecular formula is C20H30N4O2S. The minimum atomic E-state index is -0.412. The van der Waals surface area contributed by atoms with Crippen LogP contribution in [0.4, 0.5) is 0 Å². The molecule has 3 rings (SSSR count). The maximum atomic E-state index is 12.9. The van der Waals surface area contributed by atoms with Crippen molar-refractivity contribution in [2.75, 3.05) is 6.54 Å². The average Bonchev–Trinajstić information content (AvgIpc) is 2.99. The van der Waals surface area contributed by atoms with Gasteiger partial charge >= 0.3 is 0 Å². The fourth-order valence-electron chi connectivity index (χ4n) is 4.05. The van der Waals surface area contributed by atoms with Crippen LogP contribution in [0.2, 0.25) is 0 Å². The number of hydrogen-bond donors (Lipinski definition) is 2. The zero-order valence-electron chi connectivity index (χ0n) is 16.5. The quantitative estimate of drug-likeness (QED) is 0.760. The number of nitrogens with one attached hydrogen (secondary N) is 1. The Balaban J connectivity index is 1.73. The smallest absolute Gasteiger partial charge is 0.262 e. The summed E-state index contributed by atoms with van der Waals surface area (Å²) >= 11 is 1.65. The van der Waals surface area contributed by atoms with Crippen LogP contribution in [0.15, 0.2) is 11.1 Å². The highest BCUT2D eigenvalue weighted by Gasteiger charge is 2.26. The van der Waals surface area contributed by atoms with Gasteiger partial charge in [-0.3, -0.25) is 14.2 Å². The first-order chi connectivity index (χ1) is 12.8. The van der Waals surface area contributed by atoms with Crippen molar-refractivity contribution in [1.29, 1.82) is 0 Å². The fraction of sp³-hybridized carbons (Fsp3) is 0.650. The predicted molar refractivity (Wildman–Crippen MR) is 110 cm³/mol. The van der Waals surface area contributed by atoms with Gasteiger partial charge in [0.2, 0.25) is 5.91 Å². The van der Waals surface area contributed by atoms with Crippen LogP contribution >= 0.6 is 11.3 Å². The number of hydrogen-bond acceptors (Lipinski definition) is 5. The minimum absolute atomic E-state index is 0.0176. The molecule has 1 aliphatic carbocycles. The lowest BCUT2D eigenvalue weighted by molar-refractivity contribution is -0.123. The van der Waals surface area contributed by atoms with Crippen molar-refractivity contribution in [2.24, 2.45) is 11.7 Å². The topological polar surface area (TPSA) is 90.0 Å². The van der Waals surface area contributed by atoms with Gasteiger partial charge in [0.15, 0.2) is 0 Å². The van der Waals surface area contributed by atoms with Crippen molar-refractivity contribution in [3.05, 3.63) is 27.1 Å². The van der Waals surface area contributed by atoms with Crippen LogP contribution in [0.1, 0.15) is 56.9 Å². The number of aromatic nitrogens is 2. The molecule has 1 aliphatic rings. The van der Waals surface area contributed by atoms with Crippen molar-refractivity contribution in [3.63, 3.8) is 0 Å². The van der Waals surface area contributed by atoms with Gasteiger partial charge < -0.3 is 11.1 Å². The first kappa shape index (κ1) is 20.0. The normalized spacial score (nSPS) is 16.3. The SMILES string of the molecule is CC(C)CC(C)(CN)NC(=O)CCn1cnc2sc3c(c2c1=O)CCCC3. The van der Waals surface area contributed by atoms with Crippen molar-refractivity contribution in [2.45, 2.75) is 71.4 Å². The van der Waals surface area contributed by atoms with Gasteiger partial charge in [0.1, 0.15) is 4.83 Å². The second-order valence-corrected chi connectivity index (χ2v) is 9.38. The molecule has 27 heavy (non-hydrogen) atoms. The second kappa shape index (κ2) is 8.10. The number of thiophene rings is 1. The van der Waals surface area contributed by atoms with Crippen molar-refractivity contribution in [1.82, 2.24) is 14.9 Å². The molecule has 3 N–H and O–H groups in total. The number of carbonyl (C=O) groups excluding carboxylic acids is 1. The molecule has 6 nitrogen and oxygen atoms in total. The molecular weight excluding hydrogens is 360 g/mol. The lowest BCUT2D eigenvalue weighted by Gasteiger charge is -2.31. The van der Waals surface area contributed by atoms with Crippen LogP contribution < -0.4 is 16.6 Å². The van der Waals surface area contributed by atoms with E-state index < -0.39 is 5.54 Å². The maximum Gasteiger partial charge on any atom is 0.262 e. The summed E-state index contributed by atoms with van der Waals surface area (Å²) in [4.78, 5) is 32.0. The number of nitrogens with zero attached hydrogens (tertiary/aromatic N) is 2. The van der Waals surface area contributed by atoms with E-state index >= 15 is 0 Å². The van der Waals surface area contributed by atoms with E-state index in [1.165, 1.54) is 16.9 Å². The Morgan fingerprint density at radius 2 is 2.15 bits per heavy atom. The highest BCUT2D eigenvalue weighted by Crippen LogP contribution is 2.33. The van der Waals surface area contributed by atoms with E-state index in [1.54, 1.807) is 22.2 Å². The maximum absolute atomic E-state index is 12.9. The Kier molecular flexibility index (Phi) is 6.01. The summed E-state index contributed by atoms with van der Waals surface area (Å²) < 4.78 is 1.58. The van der Waals surface area contributed by atoms with Crippen molar-refractivity contribution in [3.8, 4) is 0 Å². The lowest BCUT2D eigenvalue weighted by atomic mass is 9.90. The number of aryl methyl sites for hydroxylation is 3. The van der Waals surface area contributed by atoms with E-state index in [0.29, 0.717) is 19.0 Å². The second-order valence-electron chi connectivity index (χ2n) is 8.30. The number of fused-ring (bicyclic) bond motifs is 3. The predicted octanol–water partition coefficient (Wildman–Crippen LogP) is 2.61. The highest BCUT2D eigenvalue weighted by atomic mass is 32.1. The molecule has 0 saturated carbocycles. The van der Waals surface area contributed by atoms with Crippen LogP contribution in [0.3, 0.4) is 0 Å². The third kappa shape index (κ3) is 4.41. The van der Waals surface area contributed by atoms with E-state index in [1.807, 2.05) is 6.92 Å². The van der Waals surface area contributed by atoms with E-state index in [-0.39, 0.29) is 17.9 Å². The summed E-state index contributed by atoms with van der Waals surface area (Å²) in [6.45, 7) is 6.93. The van der Waals surface area contributed by atoms with Gasteiger partial charge in [0.25, 0.3) is 5.56 Å². The number of rotatable bonds is 7. The molecule has 0 aromatic carbocycles. The molecule has 1 atom stereocenters. The Hall–Kier alpha value is -1.73. The Labute approximate surface area is 164 Å². The first-order valence-electron chi connectivity index (χ1n) is 9.84. The Bertz CT molecular complexity index is 886. The third-order valence-corrected chi connectivity index (χ3v) is 6.47. The summed E-state index contributed by atoms with van der Waals surface area (Å²) in [7, 11) is 0. The van der Waals surface area contributed by atoms with Gasteiger partial charge in [-0.05, 0) is 50.5 Å². The van der Waals surface area contributed by atoms with Crippen LogP contribution in [-0.4, -0.2) is 27.5 Å². The monoisotopic (exact) mass is 390 g/mol. The first-order valence-corrected chi connectivity index (χ1v) is 10.7. The van der Waals surface area contributed by atoms with Gasteiger partial charge in [-0.15, -0.1) is 11.3 Å². The summed E-state index contributed by atoms with van der Waals surface area (Å²) in [6, 6.07) is 0. The molecule has 2 aromatic rings. The van der Waals surface area contributed by atoms with Crippen LogP contribution in [-0.2, 0) is 24.2 Å². The van der Waals surface area contributed by atoms with Gasteiger partial charge in [0.05, 0.1) is 11.7 Å². The highest BCUT2D eigenvalue weighted by molar-refractivity contribution is 7.18. The summed E-state index contributed by atoms with van der Waals surface area (Å²) in [5.41, 5.74) is 6.63. The molecule has 0 saturated heterocycles. The third-order valence-electron chi connectivity index (χ3n) is 5.27. The van der Waals surface area contributed by atoms with Crippen LogP contribution in [0.25, 0.3) is 10.2 Å². The van der Waals surface area contributed by atoms with Gasteiger partial charge in [-0.1, -0.05) is 13.8 Å². The Morgan fingerprint density at radius 1 is 1.41 bits per heavy atom. The van der Waals surface area contributed by atoms with Gasteiger partial charge in [-0.25, -0.2) is 4.98 Å². The van der Waals surface area contributed by atoms with Crippen LogP contribution in [0.5, 0.6) is 0 Å². The molecule has 0 radical (unpaired) electrons. The molecule has 2 heterocycles. The lowest BCUT2D eigenvalue weighted by Crippen LogP contribution is -2.52. The molecule has 7 heteroatoms. The summed E-state index contributed by atoms with van der Waals surface area (Å²) in [5.74, 6) is 0.362. The van der Waals surface area contributed by atoms with Gasteiger partial charge in [0, 0.05) is 29.9 Å². The zero-order chi connectivity index (χ0) is 19.6.